The summed E-state index contributed by atoms with van der Waals surface area (Å²) in [6, 6.07) is 13.2. The molecule has 0 unspecified atom stereocenters. The number of amides is 1. The van der Waals surface area contributed by atoms with Crippen molar-refractivity contribution in [3.63, 3.8) is 0 Å². The highest BCUT2D eigenvalue weighted by Crippen LogP contribution is 2.35. The number of rotatable bonds is 6. The standard InChI is InChI=1S/C26H33N3O3S/c30-26(20-9-1-2-10-20)27-21-14-15-24(29-16-5-6-17-29)25(18-21)33(31,32)28-23-13-7-11-19-8-3-4-12-22(19)23/h3-4,8,12,14-15,18,20,23,28H,1-2,5-7,9-11,13,16-17H2,(H,27,30)/t23-/m1/s1. The molecule has 1 saturated carbocycles. The van der Waals surface area contributed by atoms with Crippen molar-refractivity contribution < 1.29 is 13.2 Å². The van der Waals surface area contributed by atoms with E-state index in [4.69, 9.17) is 0 Å². The molecule has 1 atom stereocenters. The smallest absolute Gasteiger partial charge is 0.243 e. The molecule has 5 rings (SSSR count). The first-order valence-corrected chi connectivity index (χ1v) is 13.8. The molecule has 2 fully saturated rings. The van der Waals surface area contributed by atoms with E-state index in [1.807, 2.05) is 30.3 Å². The molecule has 0 bridgehead atoms. The second kappa shape index (κ2) is 9.47. The Morgan fingerprint density at radius 3 is 2.45 bits per heavy atom. The molecule has 1 heterocycles. The van der Waals surface area contributed by atoms with Gasteiger partial charge in [-0.1, -0.05) is 37.1 Å². The maximum absolute atomic E-state index is 13.7. The van der Waals surface area contributed by atoms with Crippen LogP contribution in [0.3, 0.4) is 0 Å². The molecule has 0 aromatic heterocycles. The monoisotopic (exact) mass is 467 g/mol. The fourth-order valence-corrected chi connectivity index (χ4v) is 7.09. The van der Waals surface area contributed by atoms with Crippen molar-refractivity contribution in [2.24, 2.45) is 5.92 Å². The van der Waals surface area contributed by atoms with Gasteiger partial charge >= 0.3 is 0 Å². The van der Waals surface area contributed by atoms with E-state index in [1.54, 1.807) is 6.07 Å². The maximum atomic E-state index is 13.7. The van der Waals surface area contributed by atoms with Crippen LogP contribution in [0.25, 0.3) is 0 Å². The number of sulfonamides is 1. The Kier molecular flexibility index (Phi) is 6.43. The molecule has 1 amide bonds. The van der Waals surface area contributed by atoms with Crippen molar-refractivity contribution >= 4 is 27.3 Å². The number of hydrogen-bond donors (Lipinski definition) is 2. The number of fused-ring (bicyclic) bond motifs is 1. The number of aryl methyl sites for hydroxylation is 1. The van der Waals surface area contributed by atoms with Crippen LogP contribution in [-0.2, 0) is 21.2 Å². The summed E-state index contributed by atoms with van der Waals surface area (Å²) in [5.74, 6) is 0.0270. The van der Waals surface area contributed by atoms with Gasteiger partial charge in [0.25, 0.3) is 0 Å². The fraction of sp³-hybridized carbons (Fsp3) is 0.500. The third-order valence-electron chi connectivity index (χ3n) is 7.36. The molecule has 1 aliphatic heterocycles. The van der Waals surface area contributed by atoms with Gasteiger partial charge in [0.1, 0.15) is 4.90 Å². The average Bonchev–Trinajstić information content (AvgIpc) is 3.54. The van der Waals surface area contributed by atoms with Crippen LogP contribution in [0.4, 0.5) is 11.4 Å². The van der Waals surface area contributed by atoms with Crippen LogP contribution in [0.1, 0.15) is 68.5 Å². The molecule has 2 aromatic carbocycles. The first-order valence-electron chi connectivity index (χ1n) is 12.3. The average molecular weight is 468 g/mol. The van der Waals surface area contributed by atoms with Crippen LogP contribution >= 0.6 is 0 Å². The van der Waals surface area contributed by atoms with E-state index < -0.39 is 10.0 Å². The van der Waals surface area contributed by atoms with E-state index in [1.165, 1.54) is 5.56 Å². The Hall–Kier alpha value is -2.38. The number of carbonyl (C=O) groups excluding carboxylic acids is 1. The van der Waals surface area contributed by atoms with Gasteiger partial charge in [-0.2, -0.15) is 0 Å². The van der Waals surface area contributed by atoms with Gasteiger partial charge in [-0.3, -0.25) is 4.79 Å². The van der Waals surface area contributed by atoms with Gasteiger partial charge in [0.05, 0.1) is 5.69 Å². The quantitative estimate of drug-likeness (QED) is 0.641. The third kappa shape index (κ3) is 4.80. The number of hydrogen-bond acceptors (Lipinski definition) is 4. The summed E-state index contributed by atoms with van der Waals surface area (Å²) in [7, 11) is -3.79. The summed E-state index contributed by atoms with van der Waals surface area (Å²) in [6.45, 7) is 1.70. The summed E-state index contributed by atoms with van der Waals surface area (Å²) in [4.78, 5) is 15.1. The zero-order valence-electron chi connectivity index (χ0n) is 19.1. The lowest BCUT2D eigenvalue weighted by Crippen LogP contribution is -2.32. The molecule has 7 heteroatoms. The molecule has 2 aliphatic carbocycles. The van der Waals surface area contributed by atoms with Crippen molar-refractivity contribution in [1.29, 1.82) is 0 Å². The van der Waals surface area contributed by atoms with Crippen LogP contribution < -0.4 is 14.9 Å². The summed E-state index contributed by atoms with van der Waals surface area (Å²) >= 11 is 0. The lowest BCUT2D eigenvalue weighted by Gasteiger charge is -2.28. The van der Waals surface area contributed by atoms with E-state index in [0.717, 1.165) is 82.1 Å². The lowest BCUT2D eigenvalue weighted by atomic mass is 9.88. The molecule has 6 nitrogen and oxygen atoms in total. The van der Waals surface area contributed by atoms with E-state index >= 15 is 0 Å². The highest BCUT2D eigenvalue weighted by molar-refractivity contribution is 7.89. The molecule has 0 spiro atoms. The van der Waals surface area contributed by atoms with Crippen molar-refractivity contribution in [2.45, 2.75) is 68.7 Å². The molecule has 2 aromatic rings. The van der Waals surface area contributed by atoms with Crippen molar-refractivity contribution in [1.82, 2.24) is 4.72 Å². The predicted molar refractivity (Wildman–Crippen MR) is 131 cm³/mol. The van der Waals surface area contributed by atoms with E-state index in [-0.39, 0.29) is 22.8 Å². The summed E-state index contributed by atoms with van der Waals surface area (Å²) < 4.78 is 30.5. The molecule has 2 N–H and O–H groups in total. The van der Waals surface area contributed by atoms with Crippen LogP contribution in [0, 0.1) is 5.92 Å². The van der Waals surface area contributed by atoms with Crippen LogP contribution in [-0.4, -0.2) is 27.4 Å². The first kappa shape index (κ1) is 22.4. The zero-order chi connectivity index (χ0) is 22.8. The van der Waals surface area contributed by atoms with Gasteiger partial charge in [-0.15, -0.1) is 0 Å². The Balaban J connectivity index is 1.45. The van der Waals surface area contributed by atoms with Crippen molar-refractivity contribution in [3.05, 3.63) is 53.6 Å². The van der Waals surface area contributed by atoms with Gasteiger partial charge < -0.3 is 10.2 Å². The van der Waals surface area contributed by atoms with Gasteiger partial charge in [0.2, 0.25) is 15.9 Å². The number of anilines is 2. The molecular formula is C26H33N3O3S. The van der Waals surface area contributed by atoms with Crippen LogP contribution in [0.15, 0.2) is 47.4 Å². The largest absolute Gasteiger partial charge is 0.370 e. The minimum atomic E-state index is -3.79. The highest BCUT2D eigenvalue weighted by Gasteiger charge is 2.30. The second-order valence-corrected chi connectivity index (χ2v) is 11.3. The fourth-order valence-electron chi connectivity index (χ4n) is 5.59. The topological polar surface area (TPSA) is 78.5 Å². The summed E-state index contributed by atoms with van der Waals surface area (Å²) in [5.41, 5.74) is 3.57. The number of carbonyl (C=O) groups is 1. The highest BCUT2D eigenvalue weighted by atomic mass is 32.2. The SMILES string of the molecule is O=C(Nc1ccc(N2CCCC2)c(S(=O)(=O)N[C@@H]2CCCc3ccccc32)c1)C1CCCC1. The Morgan fingerprint density at radius 2 is 1.67 bits per heavy atom. The molecular weight excluding hydrogens is 434 g/mol. The third-order valence-corrected chi connectivity index (χ3v) is 8.86. The normalized spacial score (nSPS) is 21.2. The zero-order valence-corrected chi connectivity index (χ0v) is 19.9. The van der Waals surface area contributed by atoms with Crippen LogP contribution in [0.2, 0.25) is 0 Å². The Bertz CT molecular complexity index is 1120. The van der Waals surface area contributed by atoms with Gasteiger partial charge in [0, 0.05) is 30.7 Å². The molecule has 33 heavy (non-hydrogen) atoms. The lowest BCUT2D eigenvalue weighted by molar-refractivity contribution is -0.119. The second-order valence-electron chi connectivity index (χ2n) is 9.61. The maximum Gasteiger partial charge on any atom is 0.243 e. The Labute approximate surface area is 196 Å². The molecule has 176 valence electrons. The minimum absolute atomic E-state index is 0.000984. The van der Waals surface area contributed by atoms with Crippen molar-refractivity contribution in [3.8, 4) is 0 Å². The molecule has 0 radical (unpaired) electrons. The number of benzene rings is 2. The first-order chi connectivity index (χ1) is 16.0. The Morgan fingerprint density at radius 1 is 0.909 bits per heavy atom. The summed E-state index contributed by atoms with van der Waals surface area (Å²) in [5, 5.41) is 2.98. The van der Waals surface area contributed by atoms with Gasteiger partial charge in [-0.05, 0) is 74.3 Å². The van der Waals surface area contributed by atoms with Gasteiger partial charge in [0.15, 0.2) is 0 Å². The predicted octanol–water partition coefficient (Wildman–Crippen LogP) is 4.77. The van der Waals surface area contributed by atoms with Gasteiger partial charge in [-0.25, -0.2) is 13.1 Å². The van der Waals surface area contributed by atoms with E-state index in [9.17, 15) is 13.2 Å². The minimum Gasteiger partial charge on any atom is -0.370 e. The number of nitrogens with one attached hydrogen (secondary N) is 2. The van der Waals surface area contributed by atoms with Crippen molar-refractivity contribution in [2.75, 3.05) is 23.3 Å². The summed E-state index contributed by atoms with van der Waals surface area (Å²) in [6.07, 6.45) is 8.82. The van der Waals surface area contributed by atoms with E-state index in [2.05, 4.69) is 21.0 Å². The molecule has 1 saturated heterocycles. The number of nitrogens with zero attached hydrogens (tertiary/aromatic N) is 1. The molecule has 3 aliphatic rings. The van der Waals surface area contributed by atoms with E-state index in [0.29, 0.717) is 5.69 Å². The van der Waals surface area contributed by atoms with Crippen LogP contribution in [0.5, 0.6) is 0 Å².